The molecule has 1 aliphatic rings. The van der Waals surface area contributed by atoms with Crippen molar-refractivity contribution < 1.29 is 14.7 Å². The molecule has 1 fully saturated rings. The number of hydrogen-bond donors (Lipinski definition) is 2. The van der Waals surface area contributed by atoms with E-state index >= 15 is 0 Å². The van der Waals surface area contributed by atoms with E-state index in [-0.39, 0.29) is 11.9 Å². The average molecular weight is 311 g/mol. The Morgan fingerprint density at radius 1 is 1.50 bits per heavy atom. The van der Waals surface area contributed by atoms with Crippen LogP contribution in [0, 0.1) is 0 Å². The SMILES string of the molecule is CSC1CCC(NC(=O)c2sccc2/C=C/C(=O)O)C1. The molecule has 0 aromatic carbocycles. The molecule has 1 aromatic rings. The molecular formula is C14H17NO3S2. The highest BCUT2D eigenvalue weighted by Gasteiger charge is 2.26. The Hall–Kier alpha value is -1.27. The van der Waals surface area contributed by atoms with Crippen LogP contribution in [0.5, 0.6) is 0 Å². The van der Waals surface area contributed by atoms with Gasteiger partial charge in [0.15, 0.2) is 0 Å². The summed E-state index contributed by atoms with van der Waals surface area (Å²) in [6, 6.07) is 2.00. The first-order chi connectivity index (χ1) is 9.60. The van der Waals surface area contributed by atoms with Crippen LogP contribution in [0.4, 0.5) is 0 Å². The molecule has 2 N–H and O–H groups in total. The van der Waals surface area contributed by atoms with Gasteiger partial charge in [0.2, 0.25) is 0 Å². The highest BCUT2D eigenvalue weighted by molar-refractivity contribution is 7.99. The highest BCUT2D eigenvalue weighted by atomic mass is 32.2. The van der Waals surface area contributed by atoms with Crippen molar-refractivity contribution in [2.24, 2.45) is 0 Å². The van der Waals surface area contributed by atoms with Crippen LogP contribution in [0.3, 0.4) is 0 Å². The van der Waals surface area contributed by atoms with Gasteiger partial charge in [0, 0.05) is 17.4 Å². The van der Waals surface area contributed by atoms with E-state index in [0.29, 0.717) is 15.7 Å². The Labute approximate surface area is 126 Å². The number of aliphatic carboxylic acids is 1. The number of carboxylic acids is 1. The van der Waals surface area contributed by atoms with E-state index in [1.165, 1.54) is 17.4 Å². The summed E-state index contributed by atoms with van der Waals surface area (Å²) < 4.78 is 0. The standard InChI is InChI=1S/C14H17NO3S2/c1-19-11-4-3-10(8-11)15-14(18)13-9(6-7-20-13)2-5-12(16)17/h2,5-7,10-11H,3-4,8H2,1H3,(H,15,18)(H,16,17)/b5-2+. The van der Waals surface area contributed by atoms with Crippen LogP contribution in [-0.4, -0.2) is 34.5 Å². The van der Waals surface area contributed by atoms with Crippen molar-refractivity contribution in [2.45, 2.75) is 30.6 Å². The van der Waals surface area contributed by atoms with E-state index in [0.717, 1.165) is 25.3 Å². The lowest BCUT2D eigenvalue weighted by Gasteiger charge is -2.12. The molecule has 0 bridgehead atoms. The highest BCUT2D eigenvalue weighted by Crippen LogP contribution is 2.28. The molecule has 2 atom stereocenters. The first-order valence-electron chi connectivity index (χ1n) is 6.42. The predicted octanol–water partition coefficient (Wildman–Crippen LogP) is 2.86. The minimum absolute atomic E-state index is 0.100. The summed E-state index contributed by atoms with van der Waals surface area (Å²) in [5.41, 5.74) is 0.661. The van der Waals surface area contributed by atoms with Crippen molar-refractivity contribution in [3.05, 3.63) is 28.0 Å². The summed E-state index contributed by atoms with van der Waals surface area (Å²) in [6.07, 6.45) is 7.79. The first-order valence-corrected chi connectivity index (χ1v) is 8.59. The number of hydrogen-bond acceptors (Lipinski definition) is 4. The summed E-state index contributed by atoms with van der Waals surface area (Å²) in [6.45, 7) is 0. The van der Waals surface area contributed by atoms with Gasteiger partial charge < -0.3 is 10.4 Å². The second kappa shape index (κ2) is 6.95. The fourth-order valence-corrected chi connectivity index (χ4v) is 3.92. The molecule has 1 saturated carbocycles. The molecule has 0 radical (unpaired) electrons. The zero-order valence-corrected chi connectivity index (χ0v) is 12.8. The van der Waals surface area contributed by atoms with E-state index in [4.69, 9.17) is 5.11 Å². The van der Waals surface area contributed by atoms with Gasteiger partial charge in [-0.2, -0.15) is 11.8 Å². The Morgan fingerprint density at radius 3 is 2.95 bits per heavy atom. The summed E-state index contributed by atoms with van der Waals surface area (Å²) in [7, 11) is 0. The molecule has 0 aliphatic heterocycles. The summed E-state index contributed by atoms with van der Waals surface area (Å²) >= 11 is 3.19. The number of nitrogens with one attached hydrogen (secondary N) is 1. The molecule has 1 aliphatic carbocycles. The van der Waals surface area contributed by atoms with Crippen LogP contribution in [0.15, 0.2) is 17.5 Å². The zero-order valence-electron chi connectivity index (χ0n) is 11.2. The maximum atomic E-state index is 12.2. The van der Waals surface area contributed by atoms with Gasteiger partial charge in [0.25, 0.3) is 5.91 Å². The summed E-state index contributed by atoms with van der Waals surface area (Å²) in [5, 5.41) is 14.1. The van der Waals surface area contributed by atoms with Gasteiger partial charge in [0.05, 0.1) is 4.88 Å². The quantitative estimate of drug-likeness (QED) is 0.821. The van der Waals surface area contributed by atoms with E-state index in [1.54, 1.807) is 11.4 Å². The molecule has 0 saturated heterocycles. The van der Waals surface area contributed by atoms with Gasteiger partial charge in [-0.1, -0.05) is 0 Å². The van der Waals surface area contributed by atoms with Crippen molar-refractivity contribution in [1.29, 1.82) is 0 Å². The Bertz CT molecular complexity index is 524. The predicted molar refractivity (Wildman–Crippen MR) is 83.4 cm³/mol. The van der Waals surface area contributed by atoms with Gasteiger partial charge >= 0.3 is 5.97 Å². The van der Waals surface area contributed by atoms with Crippen molar-refractivity contribution >= 4 is 41.1 Å². The van der Waals surface area contributed by atoms with Crippen molar-refractivity contribution in [3.63, 3.8) is 0 Å². The van der Waals surface area contributed by atoms with Crippen molar-refractivity contribution in [3.8, 4) is 0 Å². The number of thioether (sulfide) groups is 1. The molecule has 1 heterocycles. The third kappa shape index (κ3) is 3.86. The second-order valence-corrected chi connectivity index (χ2v) is 6.77. The number of carbonyl (C=O) groups excluding carboxylic acids is 1. The number of carbonyl (C=O) groups is 2. The summed E-state index contributed by atoms with van der Waals surface area (Å²) in [4.78, 5) is 23.3. The van der Waals surface area contributed by atoms with E-state index in [9.17, 15) is 9.59 Å². The zero-order chi connectivity index (χ0) is 14.5. The number of carboxylic acid groups (broad SMARTS) is 1. The molecular weight excluding hydrogens is 294 g/mol. The lowest BCUT2D eigenvalue weighted by Crippen LogP contribution is -2.32. The van der Waals surface area contributed by atoms with Crippen molar-refractivity contribution in [1.82, 2.24) is 5.32 Å². The lowest BCUT2D eigenvalue weighted by molar-refractivity contribution is -0.131. The maximum absolute atomic E-state index is 12.2. The Balaban J connectivity index is 1.99. The molecule has 1 amide bonds. The van der Waals surface area contributed by atoms with Gasteiger partial charge in [-0.15, -0.1) is 11.3 Å². The molecule has 1 aromatic heterocycles. The fraction of sp³-hybridized carbons (Fsp3) is 0.429. The van der Waals surface area contributed by atoms with Crippen LogP contribution in [0.25, 0.3) is 6.08 Å². The Kier molecular flexibility index (Phi) is 5.25. The number of thiophene rings is 1. The van der Waals surface area contributed by atoms with Crippen LogP contribution < -0.4 is 5.32 Å². The molecule has 0 spiro atoms. The van der Waals surface area contributed by atoms with Crippen LogP contribution in [0.1, 0.15) is 34.5 Å². The normalized spacial score (nSPS) is 22.2. The molecule has 20 heavy (non-hydrogen) atoms. The molecule has 4 nitrogen and oxygen atoms in total. The second-order valence-electron chi connectivity index (χ2n) is 4.72. The molecule has 2 rings (SSSR count). The third-order valence-electron chi connectivity index (χ3n) is 3.36. The van der Waals surface area contributed by atoms with Crippen molar-refractivity contribution in [2.75, 3.05) is 6.26 Å². The van der Waals surface area contributed by atoms with Gasteiger partial charge in [-0.3, -0.25) is 4.79 Å². The molecule has 2 unspecified atom stereocenters. The van der Waals surface area contributed by atoms with E-state index < -0.39 is 5.97 Å². The smallest absolute Gasteiger partial charge is 0.328 e. The molecule has 6 heteroatoms. The minimum Gasteiger partial charge on any atom is -0.478 e. The fourth-order valence-electron chi connectivity index (χ4n) is 2.33. The van der Waals surface area contributed by atoms with Crippen LogP contribution >= 0.6 is 23.1 Å². The van der Waals surface area contributed by atoms with Crippen LogP contribution in [0.2, 0.25) is 0 Å². The lowest BCUT2D eigenvalue weighted by atomic mass is 10.2. The largest absolute Gasteiger partial charge is 0.478 e. The minimum atomic E-state index is -1.01. The van der Waals surface area contributed by atoms with Gasteiger partial charge in [-0.05, 0) is 48.6 Å². The average Bonchev–Trinajstić information content (AvgIpc) is 3.04. The third-order valence-corrected chi connectivity index (χ3v) is 5.38. The number of rotatable bonds is 5. The van der Waals surface area contributed by atoms with Gasteiger partial charge in [-0.25, -0.2) is 4.79 Å². The van der Waals surface area contributed by atoms with E-state index in [2.05, 4.69) is 11.6 Å². The monoisotopic (exact) mass is 311 g/mol. The topological polar surface area (TPSA) is 66.4 Å². The number of amides is 1. The maximum Gasteiger partial charge on any atom is 0.328 e. The van der Waals surface area contributed by atoms with Crippen LogP contribution in [-0.2, 0) is 4.79 Å². The van der Waals surface area contributed by atoms with E-state index in [1.807, 2.05) is 11.8 Å². The Morgan fingerprint density at radius 2 is 2.30 bits per heavy atom. The first kappa shape index (κ1) is 15.1. The van der Waals surface area contributed by atoms with Gasteiger partial charge in [0.1, 0.15) is 0 Å². The summed E-state index contributed by atoms with van der Waals surface area (Å²) in [5.74, 6) is -1.11. The molecule has 108 valence electrons.